The molecule has 2 aliphatic rings. The van der Waals surface area contributed by atoms with Crippen molar-refractivity contribution in [3.05, 3.63) is 65.9 Å². The highest BCUT2D eigenvalue weighted by Crippen LogP contribution is 2.26. The van der Waals surface area contributed by atoms with E-state index in [9.17, 15) is 58.9 Å². The molecule has 0 aliphatic carbocycles. The first-order valence-electron chi connectivity index (χ1n) is 21.2. The van der Waals surface area contributed by atoms with Crippen LogP contribution in [-0.4, -0.2) is 214 Å². The van der Waals surface area contributed by atoms with E-state index in [1.54, 1.807) is 57.2 Å². The van der Waals surface area contributed by atoms with Gasteiger partial charge in [0.05, 0.1) is 49.7 Å². The fraction of sp³-hybridized carbons (Fsp3) is 0.476. The number of aromatic nitrogens is 1. The van der Waals surface area contributed by atoms with Crippen LogP contribution in [0.5, 0.6) is 0 Å². The SMILES string of the molecule is O=C(O)CN1CCN(CC(=O)O)CCN(CC(=O)NCCCNC(=O)c2ccc(-c3ccc4nccc(C(=O)NCC(=O)N5CCC[C@H]5B(O)O)c4c3)cc2)CCN(CC(=O)O)CC1. The summed E-state index contributed by atoms with van der Waals surface area (Å²) in [6, 6.07) is 13.9. The predicted octanol–water partition coefficient (Wildman–Crippen LogP) is -1.65. The molecule has 64 heavy (non-hydrogen) atoms. The summed E-state index contributed by atoms with van der Waals surface area (Å²) in [5.41, 5.74) is 2.82. The van der Waals surface area contributed by atoms with E-state index in [-0.39, 0.29) is 96.9 Å². The molecule has 22 heteroatoms. The van der Waals surface area contributed by atoms with E-state index in [2.05, 4.69) is 20.9 Å². The van der Waals surface area contributed by atoms with Crippen molar-refractivity contribution in [2.45, 2.75) is 25.2 Å². The summed E-state index contributed by atoms with van der Waals surface area (Å²) >= 11 is 0. The van der Waals surface area contributed by atoms with Crippen LogP contribution in [0.15, 0.2) is 54.7 Å². The minimum Gasteiger partial charge on any atom is -0.480 e. The number of pyridine rings is 1. The second-order valence-corrected chi connectivity index (χ2v) is 15.8. The zero-order chi connectivity index (χ0) is 46.2. The standard InChI is InChI=1S/C42H56BN9O12/c53-36(25-48-15-17-49(26-38(55)56)19-21-51(28-40(59)60)22-20-50(18-16-48)27-39(57)58)45-11-2-12-46-41(61)30-6-4-29(5-7-30)31-8-9-34-33(23-31)32(10-13-44-34)42(62)47-24-37(54)52-14-1-3-35(52)43(63)64/h4-10,13,23,35,63-64H,1-3,11-12,14-22,24-28H2,(H,45,53)(H,46,61)(H,47,62)(H,55,56)(H,57,58)(H,59,60)/t35-/m0/s1. The lowest BCUT2D eigenvalue weighted by Gasteiger charge is -2.32. The molecule has 0 saturated carbocycles. The van der Waals surface area contributed by atoms with Gasteiger partial charge >= 0.3 is 25.0 Å². The van der Waals surface area contributed by atoms with Crippen LogP contribution < -0.4 is 16.0 Å². The van der Waals surface area contributed by atoms with Gasteiger partial charge in [0.25, 0.3) is 11.8 Å². The molecule has 2 fully saturated rings. The van der Waals surface area contributed by atoms with Gasteiger partial charge in [0, 0.05) is 89.1 Å². The van der Waals surface area contributed by atoms with Crippen LogP contribution in [-0.2, 0) is 24.0 Å². The van der Waals surface area contributed by atoms with Crippen molar-refractivity contribution >= 4 is 59.6 Å². The number of carboxylic acid groups (broad SMARTS) is 3. The van der Waals surface area contributed by atoms with E-state index in [1.807, 2.05) is 11.0 Å². The lowest BCUT2D eigenvalue weighted by molar-refractivity contribution is -0.140. The van der Waals surface area contributed by atoms with Crippen molar-refractivity contribution < 1.29 is 58.9 Å². The molecule has 5 rings (SSSR count). The summed E-state index contributed by atoms with van der Waals surface area (Å²) in [5, 5.41) is 56.4. The van der Waals surface area contributed by atoms with Crippen molar-refractivity contribution in [1.82, 2.24) is 45.4 Å². The zero-order valence-electron chi connectivity index (χ0n) is 35.6. The third kappa shape index (κ3) is 15.1. The fourth-order valence-corrected chi connectivity index (χ4v) is 7.77. The average Bonchev–Trinajstić information content (AvgIpc) is 3.76. The van der Waals surface area contributed by atoms with E-state index < -0.39 is 42.8 Å². The molecule has 8 N–H and O–H groups in total. The Balaban J connectivity index is 1.09. The number of rotatable bonds is 18. The minimum atomic E-state index is -1.66. The van der Waals surface area contributed by atoms with E-state index in [0.29, 0.717) is 60.9 Å². The third-order valence-electron chi connectivity index (χ3n) is 11.2. The molecule has 0 unspecified atom stereocenters. The maximum atomic E-state index is 13.2. The topological polar surface area (TPSA) is 286 Å². The zero-order valence-corrected chi connectivity index (χ0v) is 35.6. The number of aliphatic carboxylic acids is 3. The molecule has 2 aromatic carbocycles. The summed E-state index contributed by atoms with van der Waals surface area (Å²) in [5.74, 6) is -5.33. The third-order valence-corrected chi connectivity index (χ3v) is 11.2. The molecule has 0 radical (unpaired) electrons. The van der Waals surface area contributed by atoms with Gasteiger partial charge in [-0.1, -0.05) is 18.2 Å². The first kappa shape index (κ1) is 49.0. The molecule has 2 aliphatic heterocycles. The Kier molecular flexibility index (Phi) is 18.5. The first-order chi connectivity index (χ1) is 30.7. The van der Waals surface area contributed by atoms with Gasteiger partial charge in [-0.05, 0) is 60.7 Å². The smallest absolute Gasteiger partial charge is 0.475 e. The van der Waals surface area contributed by atoms with E-state index in [0.717, 1.165) is 11.1 Å². The highest BCUT2D eigenvalue weighted by Gasteiger charge is 2.36. The second kappa shape index (κ2) is 24.1. The Morgan fingerprint density at radius 3 is 1.70 bits per heavy atom. The van der Waals surface area contributed by atoms with Gasteiger partial charge < -0.3 is 46.2 Å². The minimum absolute atomic E-state index is 0.0212. The normalized spacial score (nSPS) is 17.2. The molecule has 3 aromatic rings. The van der Waals surface area contributed by atoms with Gasteiger partial charge in [-0.15, -0.1) is 0 Å². The Morgan fingerprint density at radius 1 is 0.625 bits per heavy atom. The Labute approximate surface area is 370 Å². The largest absolute Gasteiger partial charge is 0.480 e. The number of benzene rings is 2. The highest BCUT2D eigenvalue weighted by molar-refractivity contribution is 6.43. The number of likely N-dealkylation sites (tertiary alicyclic amines) is 1. The van der Waals surface area contributed by atoms with Gasteiger partial charge in [0.1, 0.15) is 0 Å². The molecule has 2 saturated heterocycles. The van der Waals surface area contributed by atoms with Gasteiger partial charge in [-0.3, -0.25) is 58.1 Å². The molecule has 4 amide bonds. The van der Waals surface area contributed by atoms with E-state index in [1.165, 1.54) is 11.1 Å². The first-order valence-corrected chi connectivity index (χ1v) is 21.2. The fourth-order valence-electron chi connectivity index (χ4n) is 7.77. The maximum absolute atomic E-state index is 13.2. The Bertz CT molecular complexity index is 2100. The lowest BCUT2D eigenvalue weighted by Crippen LogP contribution is -2.49. The average molecular weight is 890 g/mol. The number of hydrogen-bond donors (Lipinski definition) is 8. The van der Waals surface area contributed by atoms with Crippen LogP contribution in [0.2, 0.25) is 0 Å². The predicted molar refractivity (Wildman–Crippen MR) is 233 cm³/mol. The van der Waals surface area contributed by atoms with Crippen LogP contribution in [0.4, 0.5) is 0 Å². The summed E-state index contributed by atoms with van der Waals surface area (Å²) in [6.45, 7) is 2.08. The molecule has 1 aromatic heterocycles. The van der Waals surface area contributed by atoms with Crippen LogP contribution >= 0.6 is 0 Å². The molecular formula is C42H56BN9O12. The van der Waals surface area contributed by atoms with Crippen LogP contribution in [0.25, 0.3) is 22.0 Å². The second-order valence-electron chi connectivity index (χ2n) is 15.8. The maximum Gasteiger partial charge on any atom is 0.475 e. The molecule has 21 nitrogen and oxygen atoms in total. The van der Waals surface area contributed by atoms with Gasteiger partial charge in [-0.2, -0.15) is 0 Å². The number of carbonyl (C=O) groups is 7. The van der Waals surface area contributed by atoms with Crippen LogP contribution in [0.1, 0.15) is 40.0 Å². The Morgan fingerprint density at radius 2 is 1.16 bits per heavy atom. The lowest BCUT2D eigenvalue weighted by atomic mass is 9.78. The number of carboxylic acids is 3. The molecular weight excluding hydrogens is 833 g/mol. The van der Waals surface area contributed by atoms with E-state index in [4.69, 9.17) is 0 Å². The molecule has 344 valence electrons. The van der Waals surface area contributed by atoms with Crippen molar-refractivity contribution in [1.29, 1.82) is 0 Å². The number of hydrogen-bond acceptors (Lipinski definition) is 14. The molecule has 1 atom stereocenters. The molecule has 3 heterocycles. The number of fused-ring (bicyclic) bond motifs is 1. The van der Waals surface area contributed by atoms with Gasteiger partial charge in [-0.25, -0.2) is 0 Å². The molecule has 0 spiro atoms. The van der Waals surface area contributed by atoms with E-state index >= 15 is 0 Å². The summed E-state index contributed by atoms with van der Waals surface area (Å²) in [7, 11) is -1.66. The van der Waals surface area contributed by atoms with Crippen LogP contribution in [0, 0.1) is 0 Å². The van der Waals surface area contributed by atoms with Crippen molar-refractivity contribution in [2.75, 3.05) is 105 Å². The Hall–Kier alpha value is -6.04. The molecule has 0 bridgehead atoms. The quantitative estimate of drug-likeness (QED) is 0.0524. The van der Waals surface area contributed by atoms with Crippen molar-refractivity contribution in [2.24, 2.45) is 0 Å². The van der Waals surface area contributed by atoms with Crippen LogP contribution in [0.3, 0.4) is 0 Å². The summed E-state index contributed by atoms with van der Waals surface area (Å²) in [6.07, 6.45) is 3.04. The monoisotopic (exact) mass is 889 g/mol. The number of nitrogens with one attached hydrogen (secondary N) is 3. The van der Waals surface area contributed by atoms with Crippen molar-refractivity contribution in [3.8, 4) is 11.1 Å². The van der Waals surface area contributed by atoms with Gasteiger partial charge in [0.2, 0.25) is 11.8 Å². The number of carbonyl (C=O) groups excluding carboxylic acids is 4. The highest BCUT2D eigenvalue weighted by atomic mass is 16.4. The summed E-state index contributed by atoms with van der Waals surface area (Å²) < 4.78 is 0. The number of nitrogens with zero attached hydrogens (tertiary/aromatic N) is 6. The van der Waals surface area contributed by atoms with Gasteiger partial charge in [0.15, 0.2) is 0 Å². The van der Waals surface area contributed by atoms with Crippen molar-refractivity contribution in [3.63, 3.8) is 0 Å². The summed E-state index contributed by atoms with van der Waals surface area (Å²) in [4.78, 5) is 99.1. The number of amides is 4.